The molecule has 3 N–H and O–H groups in total. The van der Waals surface area contributed by atoms with Crippen molar-refractivity contribution in [3.05, 3.63) is 24.0 Å². The molecule has 1 heterocycles. The van der Waals surface area contributed by atoms with Crippen molar-refractivity contribution < 1.29 is 4.79 Å². The van der Waals surface area contributed by atoms with Crippen molar-refractivity contribution in [2.45, 2.75) is 20.3 Å². The monoisotopic (exact) mass is 250 g/mol. The molecule has 0 radical (unpaired) electrons. The van der Waals surface area contributed by atoms with Gasteiger partial charge in [-0.2, -0.15) is 0 Å². The predicted molar refractivity (Wildman–Crippen MR) is 73.4 cm³/mol. The number of hydrogen-bond donors (Lipinski definition) is 2. The zero-order valence-corrected chi connectivity index (χ0v) is 11.1. The molecule has 1 amide bonds. The Balaban J connectivity index is 2.40. The van der Waals surface area contributed by atoms with E-state index in [-0.39, 0.29) is 5.91 Å². The van der Waals surface area contributed by atoms with Crippen LogP contribution in [0.3, 0.4) is 0 Å². The maximum Gasteiger partial charge on any atom is 0.253 e. The molecule has 1 aromatic heterocycles. The second-order valence-corrected chi connectivity index (χ2v) is 4.15. The molecule has 0 aliphatic carbocycles. The van der Waals surface area contributed by atoms with Crippen LogP contribution in [-0.2, 0) is 0 Å². The van der Waals surface area contributed by atoms with E-state index in [4.69, 9.17) is 5.73 Å². The molecule has 0 atom stereocenters. The van der Waals surface area contributed by atoms with Crippen LogP contribution in [0.4, 0.5) is 5.69 Å². The highest BCUT2D eigenvalue weighted by Gasteiger charge is 2.09. The van der Waals surface area contributed by atoms with Crippen LogP contribution in [-0.4, -0.2) is 42.0 Å². The van der Waals surface area contributed by atoms with Gasteiger partial charge < -0.3 is 16.0 Å². The lowest BCUT2D eigenvalue weighted by atomic mass is 10.2. The van der Waals surface area contributed by atoms with E-state index in [2.05, 4.69) is 29.0 Å². The number of nitrogens with one attached hydrogen (secondary N) is 1. The van der Waals surface area contributed by atoms with Gasteiger partial charge in [0.15, 0.2) is 0 Å². The summed E-state index contributed by atoms with van der Waals surface area (Å²) in [5, 5.41) is 2.87. The molecule has 5 heteroatoms. The summed E-state index contributed by atoms with van der Waals surface area (Å²) in [6, 6.07) is 1.63. The molecule has 18 heavy (non-hydrogen) atoms. The third-order valence-corrected chi connectivity index (χ3v) is 2.80. The van der Waals surface area contributed by atoms with E-state index in [9.17, 15) is 4.79 Å². The Hall–Kier alpha value is -1.62. The second-order valence-electron chi connectivity index (χ2n) is 4.15. The standard InChI is InChI=1S/C13H22N4O/c1-3-8-17(4-2)9-7-16-13(18)11-5-6-15-10-12(11)14/h5-6,10H,3-4,7-9,14H2,1-2H3,(H,16,18). The van der Waals surface area contributed by atoms with Gasteiger partial charge in [0.05, 0.1) is 17.4 Å². The van der Waals surface area contributed by atoms with Gasteiger partial charge in [-0.25, -0.2) is 0 Å². The number of carbonyl (C=O) groups is 1. The molecule has 0 aromatic carbocycles. The van der Waals surface area contributed by atoms with E-state index < -0.39 is 0 Å². The summed E-state index contributed by atoms with van der Waals surface area (Å²) < 4.78 is 0. The smallest absolute Gasteiger partial charge is 0.253 e. The lowest BCUT2D eigenvalue weighted by molar-refractivity contribution is 0.0949. The van der Waals surface area contributed by atoms with Crippen LogP contribution in [0.25, 0.3) is 0 Å². The number of carbonyl (C=O) groups excluding carboxylic acids is 1. The molecule has 0 saturated carbocycles. The number of anilines is 1. The molecule has 0 aliphatic heterocycles. The molecule has 100 valence electrons. The van der Waals surface area contributed by atoms with Gasteiger partial charge in [0, 0.05) is 19.3 Å². The molecular weight excluding hydrogens is 228 g/mol. The van der Waals surface area contributed by atoms with Crippen molar-refractivity contribution >= 4 is 11.6 Å². The number of rotatable bonds is 7. The lowest BCUT2D eigenvalue weighted by Gasteiger charge is -2.19. The van der Waals surface area contributed by atoms with Crippen molar-refractivity contribution in [1.29, 1.82) is 0 Å². The first-order valence-electron chi connectivity index (χ1n) is 6.39. The van der Waals surface area contributed by atoms with Crippen molar-refractivity contribution in [1.82, 2.24) is 15.2 Å². The fourth-order valence-electron chi connectivity index (χ4n) is 1.78. The van der Waals surface area contributed by atoms with Gasteiger partial charge in [0.2, 0.25) is 0 Å². The molecule has 0 unspecified atom stereocenters. The maximum absolute atomic E-state index is 11.9. The van der Waals surface area contributed by atoms with Crippen LogP contribution in [0.2, 0.25) is 0 Å². The SMILES string of the molecule is CCCN(CC)CCNC(=O)c1ccncc1N. The zero-order valence-electron chi connectivity index (χ0n) is 11.1. The summed E-state index contributed by atoms with van der Waals surface area (Å²) in [6.07, 6.45) is 4.18. The van der Waals surface area contributed by atoms with Crippen molar-refractivity contribution in [2.75, 3.05) is 31.9 Å². The molecule has 1 aromatic rings. The average Bonchev–Trinajstić information content (AvgIpc) is 2.38. The van der Waals surface area contributed by atoms with E-state index in [1.807, 2.05) is 0 Å². The van der Waals surface area contributed by atoms with Gasteiger partial charge in [-0.15, -0.1) is 0 Å². The highest BCUT2D eigenvalue weighted by molar-refractivity contribution is 5.98. The first-order chi connectivity index (χ1) is 8.69. The Kier molecular flexibility index (Phi) is 6.14. The normalized spacial score (nSPS) is 10.6. The van der Waals surface area contributed by atoms with E-state index in [1.165, 1.54) is 6.20 Å². The predicted octanol–water partition coefficient (Wildman–Crippen LogP) is 1.13. The first-order valence-corrected chi connectivity index (χ1v) is 6.39. The van der Waals surface area contributed by atoms with Crippen molar-refractivity contribution in [3.63, 3.8) is 0 Å². The number of likely N-dealkylation sites (N-methyl/N-ethyl adjacent to an activating group) is 1. The summed E-state index contributed by atoms with van der Waals surface area (Å²) in [5.74, 6) is -0.137. The van der Waals surface area contributed by atoms with Gasteiger partial charge in [-0.3, -0.25) is 9.78 Å². The third kappa shape index (κ3) is 4.33. The van der Waals surface area contributed by atoms with E-state index in [0.717, 1.165) is 26.1 Å². The van der Waals surface area contributed by atoms with Gasteiger partial charge in [0.25, 0.3) is 5.91 Å². The Morgan fingerprint density at radius 1 is 1.44 bits per heavy atom. The highest BCUT2D eigenvalue weighted by atomic mass is 16.1. The van der Waals surface area contributed by atoms with E-state index in [1.54, 1.807) is 12.3 Å². The minimum atomic E-state index is -0.137. The maximum atomic E-state index is 11.9. The number of nitrogens with zero attached hydrogens (tertiary/aromatic N) is 2. The Bertz CT molecular complexity index is 381. The van der Waals surface area contributed by atoms with Crippen LogP contribution in [0.5, 0.6) is 0 Å². The first kappa shape index (κ1) is 14.4. The number of aromatic nitrogens is 1. The van der Waals surface area contributed by atoms with Gasteiger partial charge >= 0.3 is 0 Å². The average molecular weight is 250 g/mol. The number of nitrogen functional groups attached to an aromatic ring is 1. The van der Waals surface area contributed by atoms with Crippen LogP contribution in [0.1, 0.15) is 30.6 Å². The minimum Gasteiger partial charge on any atom is -0.397 e. The minimum absolute atomic E-state index is 0.137. The highest BCUT2D eigenvalue weighted by Crippen LogP contribution is 2.07. The Labute approximate surface area is 108 Å². The zero-order chi connectivity index (χ0) is 13.4. The van der Waals surface area contributed by atoms with Gasteiger partial charge in [-0.1, -0.05) is 13.8 Å². The lowest BCUT2D eigenvalue weighted by Crippen LogP contribution is -2.35. The largest absolute Gasteiger partial charge is 0.397 e. The summed E-state index contributed by atoms with van der Waals surface area (Å²) >= 11 is 0. The fourth-order valence-corrected chi connectivity index (χ4v) is 1.78. The Morgan fingerprint density at radius 2 is 2.22 bits per heavy atom. The van der Waals surface area contributed by atoms with Gasteiger partial charge in [0.1, 0.15) is 0 Å². The third-order valence-electron chi connectivity index (χ3n) is 2.80. The van der Waals surface area contributed by atoms with Crippen LogP contribution in [0.15, 0.2) is 18.5 Å². The van der Waals surface area contributed by atoms with E-state index in [0.29, 0.717) is 17.8 Å². The number of nitrogens with two attached hydrogens (primary N) is 1. The summed E-state index contributed by atoms with van der Waals surface area (Å²) in [5.41, 5.74) is 6.60. The summed E-state index contributed by atoms with van der Waals surface area (Å²) in [4.78, 5) is 18.0. The molecule has 0 fully saturated rings. The summed E-state index contributed by atoms with van der Waals surface area (Å²) in [7, 11) is 0. The molecule has 5 nitrogen and oxygen atoms in total. The number of hydrogen-bond acceptors (Lipinski definition) is 4. The fraction of sp³-hybridized carbons (Fsp3) is 0.538. The topological polar surface area (TPSA) is 71.2 Å². The molecule has 0 bridgehead atoms. The van der Waals surface area contributed by atoms with Crippen LogP contribution in [0, 0.1) is 0 Å². The van der Waals surface area contributed by atoms with Crippen LogP contribution < -0.4 is 11.1 Å². The van der Waals surface area contributed by atoms with E-state index >= 15 is 0 Å². The van der Waals surface area contributed by atoms with Crippen molar-refractivity contribution in [2.24, 2.45) is 0 Å². The summed E-state index contributed by atoms with van der Waals surface area (Å²) in [6.45, 7) is 7.83. The molecule has 1 rings (SSSR count). The van der Waals surface area contributed by atoms with Gasteiger partial charge in [-0.05, 0) is 25.6 Å². The van der Waals surface area contributed by atoms with Crippen molar-refractivity contribution in [3.8, 4) is 0 Å². The molecular formula is C13H22N4O. The molecule has 0 spiro atoms. The quantitative estimate of drug-likeness (QED) is 0.761. The van der Waals surface area contributed by atoms with Crippen LogP contribution >= 0.6 is 0 Å². The second kappa shape index (κ2) is 7.66. The number of amides is 1. The number of pyridine rings is 1. The Morgan fingerprint density at radius 3 is 2.83 bits per heavy atom. The molecule has 0 aliphatic rings. The molecule has 0 saturated heterocycles.